The van der Waals surface area contributed by atoms with Crippen molar-refractivity contribution < 1.29 is 23.0 Å². The van der Waals surface area contributed by atoms with Crippen molar-refractivity contribution >= 4 is 23.2 Å². The SMILES string of the molecule is COCCOc1cnc(NC(C)=O)cc1Nc1cc(-c2cnn(C(C)C)c2)nc(C(C)(F)F)n1. The smallest absolute Gasteiger partial charge is 0.303 e. The Kier molecular flexibility index (Phi) is 7.72. The van der Waals surface area contributed by atoms with Crippen LogP contribution in [0.15, 0.2) is 30.7 Å². The first-order valence-electron chi connectivity index (χ1n) is 10.5. The highest BCUT2D eigenvalue weighted by Gasteiger charge is 2.30. The second-order valence-corrected chi connectivity index (χ2v) is 7.87. The maximum absolute atomic E-state index is 14.2. The lowest BCUT2D eigenvalue weighted by Gasteiger charge is -2.16. The van der Waals surface area contributed by atoms with Crippen molar-refractivity contribution in [3.05, 3.63) is 36.5 Å². The van der Waals surface area contributed by atoms with E-state index in [1.807, 2.05) is 13.8 Å². The number of pyridine rings is 1. The van der Waals surface area contributed by atoms with Crippen molar-refractivity contribution in [2.45, 2.75) is 39.7 Å². The van der Waals surface area contributed by atoms with Gasteiger partial charge in [0.1, 0.15) is 18.2 Å². The third-order valence-electron chi connectivity index (χ3n) is 4.52. The molecule has 10 nitrogen and oxygen atoms in total. The number of alkyl halides is 2. The average Bonchev–Trinajstić information content (AvgIpc) is 3.25. The van der Waals surface area contributed by atoms with Crippen LogP contribution in [0, 0.1) is 0 Å². The molecule has 3 aromatic heterocycles. The van der Waals surface area contributed by atoms with Crippen molar-refractivity contribution in [1.82, 2.24) is 24.7 Å². The quantitative estimate of drug-likeness (QED) is 0.420. The molecule has 2 N–H and O–H groups in total. The minimum atomic E-state index is -3.28. The number of ether oxygens (including phenoxy) is 2. The molecule has 12 heteroatoms. The van der Waals surface area contributed by atoms with Gasteiger partial charge in [-0.05, 0) is 13.8 Å². The third-order valence-corrected chi connectivity index (χ3v) is 4.52. The number of rotatable bonds is 10. The highest BCUT2D eigenvalue weighted by molar-refractivity contribution is 5.88. The van der Waals surface area contributed by atoms with Gasteiger partial charge in [-0.2, -0.15) is 13.9 Å². The first-order valence-corrected chi connectivity index (χ1v) is 10.5. The molecule has 1 amide bonds. The number of hydrogen-bond acceptors (Lipinski definition) is 8. The molecule has 0 spiro atoms. The summed E-state index contributed by atoms with van der Waals surface area (Å²) in [6.07, 6.45) is 4.70. The normalized spacial score (nSPS) is 11.5. The van der Waals surface area contributed by atoms with Crippen LogP contribution in [0.25, 0.3) is 11.3 Å². The fraction of sp³-hybridized carbons (Fsp3) is 0.409. The molecule has 0 atom stereocenters. The van der Waals surface area contributed by atoms with Gasteiger partial charge in [-0.15, -0.1) is 0 Å². The Bertz CT molecular complexity index is 1150. The van der Waals surface area contributed by atoms with Gasteiger partial charge in [0.15, 0.2) is 5.75 Å². The van der Waals surface area contributed by atoms with Crippen LogP contribution in [0.5, 0.6) is 5.75 Å². The van der Waals surface area contributed by atoms with E-state index in [-0.39, 0.29) is 35.9 Å². The number of anilines is 3. The summed E-state index contributed by atoms with van der Waals surface area (Å²) in [7, 11) is 1.54. The third kappa shape index (κ3) is 6.44. The van der Waals surface area contributed by atoms with E-state index in [9.17, 15) is 13.6 Å². The number of aromatic nitrogens is 5. The molecule has 3 heterocycles. The average molecular weight is 476 g/mol. The van der Waals surface area contributed by atoms with E-state index in [1.165, 1.54) is 32.4 Å². The summed E-state index contributed by atoms with van der Waals surface area (Å²) in [6.45, 7) is 6.55. The molecule has 0 bridgehead atoms. The summed E-state index contributed by atoms with van der Waals surface area (Å²) in [5.74, 6) is -3.56. The first-order chi connectivity index (χ1) is 16.1. The van der Waals surface area contributed by atoms with Crippen molar-refractivity contribution in [3.63, 3.8) is 0 Å². The van der Waals surface area contributed by atoms with Gasteiger partial charge in [-0.3, -0.25) is 9.48 Å². The number of halogens is 2. The van der Waals surface area contributed by atoms with Crippen LogP contribution < -0.4 is 15.4 Å². The second kappa shape index (κ2) is 10.5. The maximum atomic E-state index is 14.2. The van der Waals surface area contributed by atoms with Crippen LogP contribution in [0.1, 0.15) is 39.6 Å². The van der Waals surface area contributed by atoms with Gasteiger partial charge < -0.3 is 20.1 Å². The molecule has 34 heavy (non-hydrogen) atoms. The van der Waals surface area contributed by atoms with Gasteiger partial charge in [0.05, 0.1) is 30.4 Å². The Balaban J connectivity index is 2.03. The standard InChI is InChI=1S/C22H27F2N7O3/c1-13(2)31-12-15(10-26-31)16-8-20(30-21(29-16)22(4,23)24)28-17-9-19(27-14(3)32)25-11-18(17)34-7-6-33-5/h8-13H,6-7H2,1-5H3,(H2,25,27,28,29,30,32). The van der Waals surface area contributed by atoms with Gasteiger partial charge in [0, 0.05) is 50.9 Å². The second-order valence-electron chi connectivity index (χ2n) is 7.87. The largest absolute Gasteiger partial charge is 0.487 e. The van der Waals surface area contributed by atoms with Crippen molar-refractivity contribution in [2.75, 3.05) is 31.0 Å². The zero-order valence-electron chi connectivity index (χ0n) is 19.6. The molecule has 0 unspecified atom stereocenters. The Morgan fingerprint density at radius 1 is 1.18 bits per heavy atom. The first kappa shape index (κ1) is 25.0. The summed E-state index contributed by atoms with van der Waals surface area (Å²) in [5.41, 5.74) is 1.21. The van der Waals surface area contributed by atoms with E-state index in [0.717, 1.165) is 6.92 Å². The predicted octanol–water partition coefficient (Wildman–Crippen LogP) is 4.15. The minimum Gasteiger partial charge on any atom is -0.487 e. The summed E-state index contributed by atoms with van der Waals surface area (Å²) < 4.78 is 40.8. The molecule has 0 saturated carbocycles. The highest BCUT2D eigenvalue weighted by Crippen LogP contribution is 2.32. The molecule has 0 saturated heterocycles. The number of nitrogens with zero attached hydrogens (tertiary/aromatic N) is 5. The van der Waals surface area contributed by atoms with Crippen LogP contribution in [-0.2, 0) is 15.5 Å². The van der Waals surface area contributed by atoms with Crippen molar-refractivity contribution in [3.8, 4) is 17.0 Å². The molecule has 0 aliphatic carbocycles. The van der Waals surface area contributed by atoms with Crippen LogP contribution in [0.2, 0.25) is 0 Å². The molecule has 182 valence electrons. The molecular formula is C22H27F2N7O3. The van der Waals surface area contributed by atoms with Crippen molar-refractivity contribution in [2.24, 2.45) is 0 Å². The van der Waals surface area contributed by atoms with E-state index in [1.54, 1.807) is 17.1 Å². The predicted molar refractivity (Wildman–Crippen MR) is 122 cm³/mol. The van der Waals surface area contributed by atoms with Crippen LogP contribution >= 0.6 is 0 Å². The van der Waals surface area contributed by atoms with Crippen LogP contribution in [-0.4, -0.2) is 51.0 Å². The van der Waals surface area contributed by atoms with Gasteiger partial charge in [-0.1, -0.05) is 0 Å². The molecular weight excluding hydrogens is 448 g/mol. The van der Waals surface area contributed by atoms with Gasteiger partial charge in [0.2, 0.25) is 11.7 Å². The lowest BCUT2D eigenvalue weighted by Crippen LogP contribution is -2.15. The van der Waals surface area contributed by atoms with E-state index in [2.05, 4.69) is 30.7 Å². The summed E-state index contributed by atoms with van der Waals surface area (Å²) in [6, 6.07) is 3.15. The molecule has 3 rings (SSSR count). The molecule has 3 aromatic rings. The van der Waals surface area contributed by atoms with E-state index >= 15 is 0 Å². The summed E-state index contributed by atoms with van der Waals surface area (Å²) in [4.78, 5) is 23.7. The van der Waals surface area contributed by atoms with Crippen LogP contribution in [0.4, 0.5) is 26.1 Å². The lowest BCUT2D eigenvalue weighted by molar-refractivity contribution is -0.114. The Morgan fingerprint density at radius 2 is 1.94 bits per heavy atom. The zero-order chi connectivity index (χ0) is 24.9. The monoisotopic (exact) mass is 475 g/mol. The number of amides is 1. The van der Waals surface area contributed by atoms with E-state index in [4.69, 9.17) is 9.47 Å². The molecule has 0 radical (unpaired) electrons. The fourth-order valence-corrected chi connectivity index (χ4v) is 2.89. The topological polar surface area (TPSA) is 116 Å². The molecule has 0 aliphatic rings. The van der Waals surface area contributed by atoms with Gasteiger partial charge >= 0.3 is 5.92 Å². The van der Waals surface area contributed by atoms with Crippen LogP contribution in [0.3, 0.4) is 0 Å². The van der Waals surface area contributed by atoms with E-state index in [0.29, 0.717) is 23.6 Å². The highest BCUT2D eigenvalue weighted by atomic mass is 19.3. The molecule has 0 aromatic carbocycles. The zero-order valence-corrected chi connectivity index (χ0v) is 19.6. The molecule has 0 aliphatic heterocycles. The minimum absolute atomic E-state index is 0.0936. The van der Waals surface area contributed by atoms with Gasteiger partial charge in [0.25, 0.3) is 0 Å². The summed E-state index contributed by atoms with van der Waals surface area (Å²) >= 11 is 0. The lowest BCUT2D eigenvalue weighted by atomic mass is 10.2. The number of carbonyl (C=O) groups excluding carboxylic acids is 1. The Hall–Kier alpha value is -3.67. The fourth-order valence-electron chi connectivity index (χ4n) is 2.89. The Morgan fingerprint density at radius 3 is 2.56 bits per heavy atom. The number of carbonyl (C=O) groups is 1. The van der Waals surface area contributed by atoms with Crippen molar-refractivity contribution in [1.29, 1.82) is 0 Å². The molecule has 0 fully saturated rings. The van der Waals surface area contributed by atoms with E-state index < -0.39 is 11.7 Å². The van der Waals surface area contributed by atoms with Gasteiger partial charge in [-0.25, -0.2) is 15.0 Å². The number of nitrogens with one attached hydrogen (secondary N) is 2. The number of methoxy groups -OCH3 is 1. The number of hydrogen-bond donors (Lipinski definition) is 2. The Labute approximate surface area is 195 Å². The summed E-state index contributed by atoms with van der Waals surface area (Å²) in [5, 5.41) is 9.83. The maximum Gasteiger partial charge on any atom is 0.303 e.